The summed E-state index contributed by atoms with van der Waals surface area (Å²) in [5.41, 5.74) is -1.19. The maximum atomic E-state index is 13.7. The number of pyridine rings is 1. The summed E-state index contributed by atoms with van der Waals surface area (Å²) in [7, 11) is 0. The van der Waals surface area contributed by atoms with Crippen LogP contribution in [-0.2, 0) is 4.79 Å². The number of carboxylic acids is 1. The van der Waals surface area contributed by atoms with E-state index in [9.17, 15) is 23.5 Å². The number of aromatic nitrogens is 1. The van der Waals surface area contributed by atoms with Crippen LogP contribution < -0.4 is 5.32 Å². The highest BCUT2D eigenvalue weighted by molar-refractivity contribution is 14.1. The Kier molecular flexibility index (Phi) is 6.82. The van der Waals surface area contributed by atoms with E-state index in [1.54, 1.807) is 22.6 Å². The number of hydrogen-bond donors (Lipinski definition) is 2. The maximum absolute atomic E-state index is 13.7. The molecule has 1 aromatic heterocycles. The van der Waals surface area contributed by atoms with Gasteiger partial charge in [0.25, 0.3) is 0 Å². The molecular formula is C16H18F2IN3O3. The van der Waals surface area contributed by atoms with Crippen molar-refractivity contribution in [2.45, 2.75) is 25.8 Å². The van der Waals surface area contributed by atoms with Gasteiger partial charge in [-0.2, -0.15) is 13.8 Å². The number of carbonyl (C=O) groups is 2. The van der Waals surface area contributed by atoms with Gasteiger partial charge in [-0.05, 0) is 54.6 Å². The third-order valence-corrected chi connectivity index (χ3v) is 4.87. The molecule has 2 rings (SSSR count). The molecule has 0 saturated carbocycles. The fraction of sp³-hybridized carbons (Fsp3) is 0.438. The van der Waals surface area contributed by atoms with Gasteiger partial charge in [-0.25, -0.2) is 4.79 Å². The third kappa shape index (κ3) is 4.72. The number of carboxylic acid groups (broad SMARTS) is 1. The highest BCUT2D eigenvalue weighted by Crippen LogP contribution is 2.18. The van der Waals surface area contributed by atoms with Gasteiger partial charge in [0.15, 0.2) is 0 Å². The third-order valence-electron chi connectivity index (χ3n) is 4.11. The standard InChI is InChI=1S/C16H18F2IN3O3/c1-2-22-5-3-4-9(22)7-20-8-11(16(24)25)13(23)10-6-12(19)15(18)21-14(10)17/h6,8-9,20H,2-5,7H2,1H3,(H,24,25). The summed E-state index contributed by atoms with van der Waals surface area (Å²) >= 11 is 1.56. The van der Waals surface area contributed by atoms with Crippen molar-refractivity contribution in [2.75, 3.05) is 19.6 Å². The van der Waals surface area contributed by atoms with Crippen molar-refractivity contribution in [1.29, 1.82) is 0 Å². The molecule has 1 saturated heterocycles. The topological polar surface area (TPSA) is 82.5 Å². The minimum atomic E-state index is -1.49. The van der Waals surface area contributed by atoms with E-state index in [0.29, 0.717) is 6.54 Å². The molecule has 0 spiro atoms. The molecule has 0 bridgehead atoms. The van der Waals surface area contributed by atoms with Gasteiger partial charge in [-0.1, -0.05) is 6.92 Å². The number of likely N-dealkylation sites (N-methyl/N-ethyl adjacent to an activating group) is 1. The molecular weight excluding hydrogens is 447 g/mol. The van der Waals surface area contributed by atoms with Crippen LogP contribution in [0.15, 0.2) is 17.8 Å². The first-order valence-electron chi connectivity index (χ1n) is 7.82. The summed E-state index contributed by atoms with van der Waals surface area (Å²) in [6.45, 7) is 4.42. The summed E-state index contributed by atoms with van der Waals surface area (Å²) in [5, 5.41) is 12.1. The monoisotopic (exact) mass is 465 g/mol. The average Bonchev–Trinajstić information content (AvgIpc) is 3.01. The number of carbonyl (C=O) groups excluding carboxylic acids is 1. The van der Waals surface area contributed by atoms with Gasteiger partial charge in [0, 0.05) is 18.8 Å². The van der Waals surface area contributed by atoms with Gasteiger partial charge in [0.2, 0.25) is 17.7 Å². The van der Waals surface area contributed by atoms with Crippen molar-refractivity contribution in [2.24, 2.45) is 0 Å². The second-order valence-corrected chi connectivity index (χ2v) is 6.79. The first-order valence-corrected chi connectivity index (χ1v) is 8.90. The molecule has 0 amide bonds. The van der Waals surface area contributed by atoms with Crippen molar-refractivity contribution in [3.05, 3.63) is 38.9 Å². The number of aliphatic carboxylic acids is 1. The minimum Gasteiger partial charge on any atom is -0.477 e. The number of likely N-dealkylation sites (tertiary alicyclic amines) is 1. The number of nitrogens with zero attached hydrogens (tertiary/aromatic N) is 2. The van der Waals surface area contributed by atoms with E-state index in [0.717, 1.165) is 38.2 Å². The van der Waals surface area contributed by atoms with Crippen LogP contribution in [0, 0.1) is 15.5 Å². The lowest BCUT2D eigenvalue weighted by atomic mass is 10.1. The van der Waals surface area contributed by atoms with E-state index in [-0.39, 0.29) is 9.61 Å². The van der Waals surface area contributed by atoms with Crippen molar-refractivity contribution >= 4 is 34.3 Å². The Labute approximate surface area is 157 Å². The lowest BCUT2D eigenvalue weighted by Crippen LogP contribution is -2.36. The molecule has 25 heavy (non-hydrogen) atoms. The Morgan fingerprint density at radius 3 is 2.84 bits per heavy atom. The Morgan fingerprint density at radius 1 is 1.48 bits per heavy atom. The number of ketones is 1. The molecule has 136 valence electrons. The van der Waals surface area contributed by atoms with Crippen LogP contribution in [0.1, 0.15) is 30.1 Å². The Morgan fingerprint density at radius 2 is 2.20 bits per heavy atom. The van der Waals surface area contributed by atoms with E-state index in [1.165, 1.54) is 0 Å². The number of halogens is 3. The van der Waals surface area contributed by atoms with E-state index in [1.807, 2.05) is 6.92 Å². The molecule has 9 heteroatoms. The summed E-state index contributed by atoms with van der Waals surface area (Å²) in [6.07, 6.45) is 3.13. The molecule has 2 heterocycles. The Hall–Kier alpha value is -1.62. The van der Waals surface area contributed by atoms with E-state index in [2.05, 4.69) is 15.2 Å². The molecule has 6 nitrogen and oxygen atoms in total. The molecule has 1 aliphatic rings. The van der Waals surface area contributed by atoms with Crippen LogP contribution >= 0.6 is 22.6 Å². The smallest absolute Gasteiger partial charge is 0.341 e. The molecule has 1 aromatic rings. The molecule has 0 radical (unpaired) electrons. The Bertz CT molecular complexity index is 712. The van der Waals surface area contributed by atoms with Crippen molar-refractivity contribution in [3.8, 4) is 0 Å². The first-order chi connectivity index (χ1) is 11.8. The van der Waals surface area contributed by atoms with E-state index >= 15 is 0 Å². The SMILES string of the molecule is CCN1CCCC1CNC=C(C(=O)O)C(=O)c1cc(I)c(F)nc1F. The maximum Gasteiger partial charge on any atom is 0.341 e. The van der Waals surface area contributed by atoms with Crippen LogP contribution in [0.2, 0.25) is 0 Å². The second kappa shape index (κ2) is 8.65. The predicted octanol–water partition coefficient (Wildman–Crippen LogP) is 2.19. The average molecular weight is 465 g/mol. The fourth-order valence-electron chi connectivity index (χ4n) is 2.81. The van der Waals surface area contributed by atoms with E-state index in [4.69, 9.17) is 0 Å². The summed E-state index contributed by atoms with van der Waals surface area (Å²) in [4.78, 5) is 28.9. The number of nitrogens with one attached hydrogen (secondary N) is 1. The first kappa shape index (κ1) is 19.7. The van der Waals surface area contributed by atoms with Crippen molar-refractivity contribution in [1.82, 2.24) is 15.2 Å². The van der Waals surface area contributed by atoms with Gasteiger partial charge >= 0.3 is 5.97 Å². The molecule has 1 unspecified atom stereocenters. The number of rotatable bonds is 7. The lowest BCUT2D eigenvalue weighted by Gasteiger charge is -2.22. The molecule has 1 atom stereocenters. The zero-order chi connectivity index (χ0) is 18.6. The van der Waals surface area contributed by atoms with Crippen molar-refractivity contribution in [3.63, 3.8) is 0 Å². The van der Waals surface area contributed by atoms with Gasteiger partial charge in [0.05, 0.1) is 9.13 Å². The van der Waals surface area contributed by atoms with Gasteiger partial charge in [-0.15, -0.1) is 0 Å². The molecule has 1 fully saturated rings. The number of hydrogen-bond acceptors (Lipinski definition) is 5. The fourth-order valence-corrected chi connectivity index (χ4v) is 3.25. The van der Waals surface area contributed by atoms with Crippen molar-refractivity contribution < 1.29 is 23.5 Å². The van der Waals surface area contributed by atoms with Crippen LogP contribution in [0.4, 0.5) is 8.78 Å². The van der Waals surface area contributed by atoms with Crippen LogP contribution in [-0.4, -0.2) is 52.4 Å². The largest absolute Gasteiger partial charge is 0.477 e. The summed E-state index contributed by atoms with van der Waals surface area (Å²) in [5.74, 6) is -4.92. The second-order valence-electron chi connectivity index (χ2n) is 5.62. The number of Topliss-reactive ketones (excluding diaryl/α,β-unsaturated/α-hetero) is 1. The predicted molar refractivity (Wildman–Crippen MR) is 95.2 cm³/mol. The lowest BCUT2D eigenvalue weighted by molar-refractivity contribution is -0.132. The summed E-state index contributed by atoms with van der Waals surface area (Å²) in [6, 6.07) is 1.21. The minimum absolute atomic E-state index is 0.0652. The Balaban J connectivity index is 2.16. The zero-order valence-electron chi connectivity index (χ0n) is 13.6. The van der Waals surface area contributed by atoms with Gasteiger partial charge in [0.1, 0.15) is 5.57 Å². The molecule has 0 aliphatic carbocycles. The highest BCUT2D eigenvalue weighted by Gasteiger charge is 2.26. The van der Waals surface area contributed by atoms with E-state index < -0.39 is 34.8 Å². The summed E-state index contributed by atoms with van der Waals surface area (Å²) < 4.78 is 26.9. The quantitative estimate of drug-likeness (QED) is 0.161. The molecule has 2 N–H and O–H groups in total. The van der Waals surface area contributed by atoms with Gasteiger partial charge in [-0.3, -0.25) is 9.69 Å². The van der Waals surface area contributed by atoms with Crippen LogP contribution in [0.3, 0.4) is 0 Å². The van der Waals surface area contributed by atoms with Gasteiger partial charge < -0.3 is 10.4 Å². The molecule has 0 aromatic carbocycles. The normalized spacial score (nSPS) is 18.4. The zero-order valence-corrected chi connectivity index (χ0v) is 15.7. The highest BCUT2D eigenvalue weighted by atomic mass is 127. The van der Waals surface area contributed by atoms with Crippen LogP contribution in [0.5, 0.6) is 0 Å². The van der Waals surface area contributed by atoms with Crippen LogP contribution in [0.25, 0.3) is 0 Å². The molecule has 1 aliphatic heterocycles.